The Hall–Kier alpha value is -1.57. The molecular formula is C13H11Cl2N3O3S. The largest absolute Gasteiger partial charge is 0.514 e. The smallest absolute Gasteiger partial charge is 0.437 e. The first kappa shape index (κ1) is 16.8. The number of hydrogen-bond donors (Lipinski definition) is 0. The molecule has 0 aliphatic heterocycles. The van der Waals surface area contributed by atoms with Crippen LogP contribution >= 0.6 is 35.0 Å². The van der Waals surface area contributed by atoms with E-state index in [2.05, 4.69) is 19.7 Å². The quantitative estimate of drug-likeness (QED) is 0.465. The summed E-state index contributed by atoms with van der Waals surface area (Å²) in [5, 5.41) is 1.38. The highest BCUT2D eigenvalue weighted by atomic mass is 35.5. The van der Waals surface area contributed by atoms with Crippen LogP contribution < -0.4 is 4.74 Å². The second kappa shape index (κ2) is 7.62. The molecule has 2 aromatic heterocycles. The third-order valence-electron chi connectivity index (χ3n) is 2.46. The summed E-state index contributed by atoms with van der Waals surface area (Å²) in [4.78, 5) is 23.4. The molecule has 9 heteroatoms. The Morgan fingerprint density at radius 2 is 1.95 bits per heavy atom. The van der Waals surface area contributed by atoms with Gasteiger partial charge in [-0.1, -0.05) is 35.0 Å². The molecule has 0 unspecified atom stereocenters. The fourth-order valence-corrected chi connectivity index (χ4v) is 3.07. The fraction of sp³-hybridized carbons (Fsp3) is 0.231. The van der Waals surface area contributed by atoms with Crippen LogP contribution in [0.2, 0.25) is 10.0 Å². The second-order valence-corrected chi connectivity index (χ2v) is 5.81. The van der Waals surface area contributed by atoms with E-state index in [9.17, 15) is 4.79 Å². The zero-order valence-electron chi connectivity index (χ0n) is 11.7. The van der Waals surface area contributed by atoms with Crippen LogP contribution in [-0.4, -0.2) is 28.2 Å². The zero-order valence-corrected chi connectivity index (χ0v) is 14.0. The lowest BCUT2D eigenvalue weighted by atomic mass is 10.3. The van der Waals surface area contributed by atoms with Crippen LogP contribution in [0.15, 0.2) is 23.6 Å². The highest BCUT2D eigenvalue weighted by Gasteiger charge is 2.11. The topological polar surface area (TPSA) is 74.2 Å². The van der Waals surface area contributed by atoms with Crippen molar-refractivity contribution in [1.82, 2.24) is 15.0 Å². The average Bonchev–Trinajstić information content (AvgIpc) is 2.46. The molecule has 0 N–H and O–H groups in total. The van der Waals surface area contributed by atoms with Crippen molar-refractivity contribution in [3.63, 3.8) is 0 Å². The molecule has 0 aromatic carbocycles. The van der Waals surface area contributed by atoms with Gasteiger partial charge >= 0.3 is 6.16 Å². The van der Waals surface area contributed by atoms with Gasteiger partial charge in [-0.05, 0) is 6.92 Å². The SMILES string of the molecule is COC(=O)Oc1cc(C)nc(SCc2c(Cl)cncc2Cl)n1. The molecule has 22 heavy (non-hydrogen) atoms. The number of methoxy groups -OCH3 is 1. The maximum Gasteiger partial charge on any atom is 0.514 e. The van der Waals surface area contributed by atoms with Crippen LogP contribution in [0.3, 0.4) is 0 Å². The van der Waals surface area contributed by atoms with Crippen LogP contribution in [-0.2, 0) is 10.5 Å². The minimum Gasteiger partial charge on any atom is -0.437 e. The Morgan fingerprint density at radius 1 is 1.27 bits per heavy atom. The normalized spacial score (nSPS) is 10.4. The van der Waals surface area contributed by atoms with Gasteiger partial charge in [-0.25, -0.2) is 9.78 Å². The summed E-state index contributed by atoms with van der Waals surface area (Å²) in [5.74, 6) is 0.579. The van der Waals surface area contributed by atoms with E-state index < -0.39 is 6.16 Å². The highest BCUT2D eigenvalue weighted by Crippen LogP contribution is 2.30. The van der Waals surface area contributed by atoms with Gasteiger partial charge in [-0.2, -0.15) is 4.98 Å². The summed E-state index contributed by atoms with van der Waals surface area (Å²) in [6.07, 6.45) is 2.20. The number of rotatable bonds is 4. The van der Waals surface area contributed by atoms with Crippen LogP contribution in [0, 0.1) is 6.92 Å². The lowest BCUT2D eigenvalue weighted by Crippen LogP contribution is -2.09. The number of thioether (sulfide) groups is 1. The molecule has 0 radical (unpaired) electrons. The maximum absolute atomic E-state index is 11.1. The first-order valence-electron chi connectivity index (χ1n) is 6.01. The molecule has 0 bridgehead atoms. The van der Waals surface area contributed by atoms with Crippen molar-refractivity contribution in [2.45, 2.75) is 17.8 Å². The van der Waals surface area contributed by atoms with Crippen LogP contribution in [0.1, 0.15) is 11.3 Å². The Bertz CT molecular complexity index is 680. The average molecular weight is 360 g/mol. The zero-order chi connectivity index (χ0) is 16.1. The number of aryl methyl sites for hydroxylation is 1. The monoisotopic (exact) mass is 359 g/mol. The van der Waals surface area contributed by atoms with E-state index >= 15 is 0 Å². The fourth-order valence-electron chi connectivity index (χ4n) is 1.47. The highest BCUT2D eigenvalue weighted by molar-refractivity contribution is 7.98. The predicted molar refractivity (Wildman–Crippen MR) is 83.6 cm³/mol. The second-order valence-electron chi connectivity index (χ2n) is 4.06. The number of nitrogens with zero attached hydrogens (tertiary/aromatic N) is 3. The first-order valence-corrected chi connectivity index (χ1v) is 7.76. The van der Waals surface area contributed by atoms with Gasteiger partial charge in [0.2, 0.25) is 5.88 Å². The van der Waals surface area contributed by atoms with Gasteiger partial charge in [0.15, 0.2) is 5.16 Å². The van der Waals surface area contributed by atoms with E-state index in [0.29, 0.717) is 26.6 Å². The molecular weight excluding hydrogens is 349 g/mol. The third-order valence-corrected chi connectivity index (χ3v) is 3.99. The maximum atomic E-state index is 11.1. The summed E-state index contributed by atoms with van der Waals surface area (Å²) >= 11 is 13.4. The van der Waals surface area contributed by atoms with Gasteiger partial charge in [0.1, 0.15) is 0 Å². The van der Waals surface area contributed by atoms with Crippen molar-refractivity contribution >= 4 is 41.1 Å². The summed E-state index contributed by atoms with van der Waals surface area (Å²) in [6.45, 7) is 1.77. The molecule has 116 valence electrons. The van der Waals surface area contributed by atoms with Crippen LogP contribution in [0.5, 0.6) is 5.88 Å². The lowest BCUT2D eigenvalue weighted by Gasteiger charge is -2.07. The summed E-state index contributed by atoms with van der Waals surface area (Å²) < 4.78 is 9.32. The van der Waals surface area contributed by atoms with Gasteiger partial charge < -0.3 is 9.47 Å². The molecule has 2 aromatic rings. The molecule has 2 rings (SSSR count). The van der Waals surface area contributed by atoms with Crippen LogP contribution in [0.4, 0.5) is 4.79 Å². The van der Waals surface area contributed by atoms with Gasteiger partial charge in [-0.3, -0.25) is 4.98 Å². The minimum atomic E-state index is -0.839. The van der Waals surface area contributed by atoms with Crippen molar-refractivity contribution in [2.24, 2.45) is 0 Å². The number of carbonyl (C=O) groups excluding carboxylic acids is 1. The van der Waals surface area contributed by atoms with E-state index in [1.54, 1.807) is 6.92 Å². The Labute approximate surface area is 141 Å². The number of aromatic nitrogens is 3. The Balaban J connectivity index is 2.14. The van der Waals surface area contributed by atoms with Crippen molar-refractivity contribution in [3.05, 3.63) is 39.8 Å². The van der Waals surface area contributed by atoms with Crippen LogP contribution in [0.25, 0.3) is 0 Å². The van der Waals surface area contributed by atoms with Gasteiger partial charge in [0.05, 0.1) is 17.2 Å². The van der Waals surface area contributed by atoms with E-state index in [4.69, 9.17) is 27.9 Å². The van der Waals surface area contributed by atoms with Gasteiger partial charge in [0.25, 0.3) is 0 Å². The minimum absolute atomic E-state index is 0.119. The van der Waals surface area contributed by atoms with E-state index in [0.717, 1.165) is 5.56 Å². The predicted octanol–water partition coefficient (Wildman–Crippen LogP) is 3.92. The molecule has 0 amide bonds. The molecule has 0 aliphatic carbocycles. The molecule has 0 atom stereocenters. The lowest BCUT2D eigenvalue weighted by molar-refractivity contribution is 0.119. The van der Waals surface area contributed by atoms with Gasteiger partial charge in [-0.15, -0.1) is 0 Å². The van der Waals surface area contributed by atoms with E-state index in [-0.39, 0.29) is 5.88 Å². The molecule has 6 nitrogen and oxygen atoms in total. The molecule has 0 spiro atoms. The molecule has 0 fully saturated rings. The van der Waals surface area contributed by atoms with E-state index in [1.165, 1.54) is 37.3 Å². The number of pyridine rings is 1. The third kappa shape index (κ3) is 4.46. The first-order chi connectivity index (χ1) is 10.5. The number of halogens is 2. The van der Waals surface area contributed by atoms with Crippen molar-refractivity contribution in [2.75, 3.05) is 7.11 Å². The van der Waals surface area contributed by atoms with Crippen molar-refractivity contribution in [1.29, 1.82) is 0 Å². The number of ether oxygens (including phenoxy) is 2. The number of carbonyl (C=O) groups is 1. The summed E-state index contributed by atoms with van der Waals surface area (Å²) in [6, 6.07) is 1.54. The molecule has 2 heterocycles. The molecule has 0 saturated heterocycles. The van der Waals surface area contributed by atoms with E-state index in [1.807, 2.05) is 0 Å². The Morgan fingerprint density at radius 3 is 2.59 bits per heavy atom. The standard InChI is InChI=1S/C13H11Cl2N3O3S/c1-7-3-11(21-13(19)20-2)18-12(17-7)22-6-8-9(14)4-16-5-10(8)15/h3-5H,6H2,1-2H3. The van der Waals surface area contributed by atoms with Crippen molar-refractivity contribution < 1.29 is 14.3 Å². The number of hydrogen-bond acceptors (Lipinski definition) is 7. The van der Waals surface area contributed by atoms with Gasteiger partial charge in [0, 0.05) is 35.5 Å². The molecule has 0 aliphatic rings. The van der Waals surface area contributed by atoms with Crippen molar-refractivity contribution in [3.8, 4) is 5.88 Å². The molecule has 0 saturated carbocycles. The Kier molecular flexibility index (Phi) is 5.82. The summed E-state index contributed by atoms with van der Waals surface area (Å²) in [7, 11) is 1.22. The summed E-state index contributed by atoms with van der Waals surface area (Å²) in [5.41, 5.74) is 1.40.